The second-order valence-electron chi connectivity index (χ2n) is 8.78. The van der Waals surface area contributed by atoms with Gasteiger partial charge in [-0.1, -0.05) is 42.5 Å². The summed E-state index contributed by atoms with van der Waals surface area (Å²) in [6.07, 6.45) is 5.95. The number of carbonyl (C=O) groups is 1. The number of rotatable bonds is 12. The summed E-state index contributed by atoms with van der Waals surface area (Å²) in [5.74, 6) is 0. The average molecular weight is 455 g/mol. The van der Waals surface area contributed by atoms with Crippen LogP contribution in [-0.4, -0.2) is 62.2 Å². The fourth-order valence-electron chi connectivity index (χ4n) is 4.09. The molecule has 0 spiro atoms. The zero-order valence-electron chi connectivity index (χ0n) is 19.8. The Labute approximate surface area is 197 Å². The van der Waals surface area contributed by atoms with Crippen molar-refractivity contribution in [2.24, 2.45) is 0 Å². The molecule has 1 saturated heterocycles. The summed E-state index contributed by atoms with van der Waals surface area (Å²) in [4.78, 5) is 14.9. The average Bonchev–Trinajstić information content (AvgIpc) is 2.83. The Morgan fingerprint density at radius 3 is 2.55 bits per heavy atom. The molecule has 2 aromatic carbocycles. The summed E-state index contributed by atoms with van der Waals surface area (Å²) in [7, 11) is 2.09. The smallest absolute Gasteiger partial charge is 0.411 e. The summed E-state index contributed by atoms with van der Waals surface area (Å²) in [5.41, 5.74) is 3.99. The molecule has 6 nitrogen and oxygen atoms in total. The molecule has 0 saturated carbocycles. The first-order valence-electron chi connectivity index (χ1n) is 12.2. The molecular formula is C27H38N2O4. The Morgan fingerprint density at radius 1 is 1.03 bits per heavy atom. The number of nitrogens with one attached hydrogen (secondary N) is 1. The molecule has 0 bridgehead atoms. The van der Waals surface area contributed by atoms with Crippen molar-refractivity contribution in [1.82, 2.24) is 4.90 Å². The van der Waals surface area contributed by atoms with E-state index in [1.54, 1.807) is 0 Å². The Bertz CT molecular complexity index is 835. The predicted molar refractivity (Wildman–Crippen MR) is 133 cm³/mol. The SMILES string of the molecule is CN1CCC(OC(=O)Nc2cc(CCCOCCCCCO)ccc2-c2ccccc2)CC1. The molecule has 6 heteroatoms. The number of unbranched alkanes of at least 4 members (excludes halogenated alkanes) is 2. The van der Waals surface area contributed by atoms with E-state index in [0.717, 1.165) is 87.0 Å². The lowest BCUT2D eigenvalue weighted by atomic mass is 10.00. The Morgan fingerprint density at radius 2 is 1.79 bits per heavy atom. The third-order valence-electron chi connectivity index (χ3n) is 6.05. The molecule has 0 atom stereocenters. The molecule has 1 aliphatic heterocycles. The maximum absolute atomic E-state index is 12.7. The van der Waals surface area contributed by atoms with Crippen molar-refractivity contribution in [3.05, 3.63) is 54.1 Å². The highest BCUT2D eigenvalue weighted by molar-refractivity contribution is 5.91. The van der Waals surface area contributed by atoms with Gasteiger partial charge in [-0.3, -0.25) is 5.32 Å². The van der Waals surface area contributed by atoms with E-state index in [9.17, 15) is 4.79 Å². The minimum absolute atomic E-state index is 0.0286. The number of amides is 1. The first kappa shape index (κ1) is 25.2. The lowest BCUT2D eigenvalue weighted by molar-refractivity contribution is 0.0662. The normalized spacial score (nSPS) is 14.8. The molecule has 0 radical (unpaired) electrons. The van der Waals surface area contributed by atoms with Crippen LogP contribution in [0.5, 0.6) is 0 Å². The van der Waals surface area contributed by atoms with Crippen LogP contribution < -0.4 is 5.32 Å². The fraction of sp³-hybridized carbons (Fsp3) is 0.519. The summed E-state index contributed by atoms with van der Waals surface area (Å²) in [6.45, 7) is 3.60. The first-order chi connectivity index (χ1) is 16.2. The van der Waals surface area contributed by atoms with Crippen LogP contribution in [0.1, 0.15) is 44.1 Å². The number of nitrogens with zero attached hydrogens (tertiary/aromatic N) is 1. The highest BCUT2D eigenvalue weighted by atomic mass is 16.6. The van der Waals surface area contributed by atoms with E-state index in [2.05, 4.69) is 35.5 Å². The van der Waals surface area contributed by atoms with Gasteiger partial charge >= 0.3 is 6.09 Å². The Kier molecular flexibility index (Phi) is 10.7. The van der Waals surface area contributed by atoms with E-state index < -0.39 is 0 Å². The van der Waals surface area contributed by atoms with Crippen molar-refractivity contribution < 1.29 is 19.4 Å². The summed E-state index contributed by atoms with van der Waals surface area (Å²) in [6, 6.07) is 16.3. The lowest BCUT2D eigenvalue weighted by Crippen LogP contribution is -2.36. The van der Waals surface area contributed by atoms with Gasteiger partial charge in [0.05, 0.1) is 5.69 Å². The van der Waals surface area contributed by atoms with Gasteiger partial charge in [0.2, 0.25) is 0 Å². The molecule has 1 aliphatic rings. The van der Waals surface area contributed by atoms with Crippen LogP contribution in [0, 0.1) is 0 Å². The third kappa shape index (κ3) is 8.80. The van der Waals surface area contributed by atoms with Crippen molar-refractivity contribution in [3.8, 4) is 11.1 Å². The number of aryl methyl sites for hydroxylation is 1. The van der Waals surface area contributed by atoms with Crippen LogP contribution in [0.3, 0.4) is 0 Å². The van der Waals surface area contributed by atoms with Crippen molar-refractivity contribution >= 4 is 11.8 Å². The lowest BCUT2D eigenvalue weighted by Gasteiger charge is -2.28. The molecule has 1 amide bonds. The predicted octanol–water partition coefficient (Wildman–Crippen LogP) is 5.11. The van der Waals surface area contributed by atoms with Crippen molar-refractivity contribution in [1.29, 1.82) is 0 Å². The number of likely N-dealkylation sites (tertiary alicyclic amines) is 1. The van der Waals surface area contributed by atoms with Gasteiger partial charge in [0, 0.05) is 38.5 Å². The Hall–Kier alpha value is -2.41. The summed E-state index contributed by atoms with van der Waals surface area (Å²) in [5, 5.41) is 11.8. The molecule has 0 aliphatic carbocycles. The summed E-state index contributed by atoms with van der Waals surface area (Å²) < 4.78 is 11.4. The van der Waals surface area contributed by atoms with Crippen molar-refractivity contribution in [3.63, 3.8) is 0 Å². The molecule has 180 valence electrons. The zero-order chi connectivity index (χ0) is 23.3. The van der Waals surface area contributed by atoms with Gasteiger partial charge in [-0.05, 0) is 69.2 Å². The molecule has 1 fully saturated rings. The molecule has 1 heterocycles. The molecule has 0 aromatic heterocycles. The van der Waals surface area contributed by atoms with Crippen LogP contribution in [0.2, 0.25) is 0 Å². The van der Waals surface area contributed by atoms with E-state index in [1.807, 2.05) is 30.3 Å². The van der Waals surface area contributed by atoms with E-state index in [0.29, 0.717) is 6.61 Å². The number of benzene rings is 2. The van der Waals surface area contributed by atoms with E-state index in [-0.39, 0.29) is 18.8 Å². The zero-order valence-corrected chi connectivity index (χ0v) is 19.8. The van der Waals surface area contributed by atoms with Gasteiger partial charge in [-0.2, -0.15) is 0 Å². The van der Waals surface area contributed by atoms with E-state index in [1.165, 1.54) is 0 Å². The number of aliphatic hydroxyl groups excluding tert-OH is 1. The van der Waals surface area contributed by atoms with Crippen molar-refractivity contribution in [2.75, 3.05) is 45.3 Å². The number of carbonyl (C=O) groups excluding carboxylic acids is 1. The van der Waals surface area contributed by atoms with Gasteiger partial charge < -0.3 is 19.5 Å². The van der Waals surface area contributed by atoms with Gasteiger partial charge in [0.25, 0.3) is 0 Å². The quantitative estimate of drug-likeness (QED) is 0.436. The van der Waals surface area contributed by atoms with Gasteiger partial charge in [0.15, 0.2) is 0 Å². The molecular weight excluding hydrogens is 416 g/mol. The molecule has 2 N–H and O–H groups in total. The van der Waals surface area contributed by atoms with E-state index >= 15 is 0 Å². The maximum Gasteiger partial charge on any atom is 0.411 e. The topological polar surface area (TPSA) is 71.0 Å². The van der Waals surface area contributed by atoms with Crippen LogP contribution >= 0.6 is 0 Å². The molecule has 3 rings (SSSR count). The first-order valence-corrected chi connectivity index (χ1v) is 12.2. The maximum atomic E-state index is 12.7. The second-order valence-corrected chi connectivity index (χ2v) is 8.78. The van der Waals surface area contributed by atoms with Gasteiger partial charge in [-0.15, -0.1) is 0 Å². The summed E-state index contributed by atoms with van der Waals surface area (Å²) >= 11 is 0. The third-order valence-corrected chi connectivity index (χ3v) is 6.05. The highest BCUT2D eigenvalue weighted by Gasteiger charge is 2.21. The largest absolute Gasteiger partial charge is 0.446 e. The van der Waals surface area contributed by atoms with Gasteiger partial charge in [-0.25, -0.2) is 4.79 Å². The number of hydrogen-bond donors (Lipinski definition) is 2. The van der Waals surface area contributed by atoms with Gasteiger partial charge in [0.1, 0.15) is 6.10 Å². The fourth-order valence-corrected chi connectivity index (χ4v) is 4.09. The number of piperidine rings is 1. The van der Waals surface area contributed by atoms with E-state index in [4.69, 9.17) is 14.6 Å². The van der Waals surface area contributed by atoms with Crippen LogP contribution in [0.4, 0.5) is 10.5 Å². The highest BCUT2D eigenvalue weighted by Crippen LogP contribution is 2.30. The van der Waals surface area contributed by atoms with Crippen LogP contribution in [0.15, 0.2) is 48.5 Å². The monoisotopic (exact) mass is 454 g/mol. The molecule has 0 unspecified atom stereocenters. The molecule has 2 aromatic rings. The number of aliphatic hydroxyl groups is 1. The number of hydrogen-bond acceptors (Lipinski definition) is 5. The number of ether oxygens (including phenoxy) is 2. The second kappa shape index (κ2) is 14.0. The number of anilines is 1. The minimum atomic E-state index is -0.384. The van der Waals surface area contributed by atoms with Crippen LogP contribution in [-0.2, 0) is 15.9 Å². The molecule has 33 heavy (non-hydrogen) atoms. The minimum Gasteiger partial charge on any atom is -0.446 e. The van der Waals surface area contributed by atoms with Crippen LogP contribution in [0.25, 0.3) is 11.1 Å². The standard InChI is InChI=1S/C27H38N2O4/c1-29-16-14-24(15-17-29)33-27(31)28-26-21-22(9-8-20-32-19-7-3-6-18-30)12-13-25(26)23-10-4-2-5-11-23/h2,4-5,10-13,21,24,30H,3,6-9,14-20H2,1H3,(H,28,31). The van der Waals surface area contributed by atoms with Crippen molar-refractivity contribution in [2.45, 2.75) is 51.0 Å². The Balaban J connectivity index is 1.58.